The molecule has 1 fully saturated rings. The molecule has 1 aliphatic carbocycles. The Morgan fingerprint density at radius 3 is 2.67 bits per heavy atom. The van der Waals surface area contributed by atoms with E-state index < -0.39 is 11.9 Å². The summed E-state index contributed by atoms with van der Waals surface area (Å²) in [6.07, 6.45) is 6.63. The van der Waals surface area contributed by atoms with Gasteiger partial charge in [0.25, 0.3) is 0 Å². The molecule has 1 atom stereocenters. The number of benzene rings is 1. The SMILES string of the molecule is O=C(Cc1coc2cc3c(cc12)CCC3)NCC(C(=O)O)C1CCOCC1. The van der Waals surface area contributed by atoms with E-state index in [0.717, 1.165) is 42.2 Å². The quantitative estimate of drug-likeness (QED) is 0.815. The minimum atomic E-state index is -0.855. The van der Waals surface area contributed by atoms with Crippen LogP contribution in [0.25, 0.3) is 11.0 Å². The summed E-state index contributed by atoms with van der Waals surface area (Å²) >= 11 is 0. The van der Waals surface area contributed by atoms with Crippen molar-refractivity contribution < 1.29 is 23.8 Å². The first-order valence-corrected chi connectivity index (χ1v) is 9.71. The maximum absolute atomic E-state index is 12.4. The first kappa shape index (κ1) is 18.0. The third kappa shape index (κ3) is 3.86. The molecule has 6 nitrogen and oxygen atoms in total. The monoisotopic (exact) mass is 371 g/mol. The second kappa shape index (κ2) is 7.72. The van der Waals surface area contributed by atoms with Crippen molar-refractivity contribution in [2.24, 2.45) is 11.8 Å². The first-order chi connectivity index (χ1) is 13.1. The molecule has 27 heavy (non-hydrogen) atoms. The summed E-state index contributed by atoms with van der Waals surface area (Å²) in [4.78, 5) is 24.0. The van der Waals surface area contributed by atoms with Gasteiger partial charge in [-0.15, -0.1) is 0 Å². The van der Waals surface area contributed by atoms with Gasteiger partial charge in [-0.25, -0.2) is 0 Å². The number of aryl methyl sites for hydroxylation is 2. The van der Waals surface area contributed by atoms with Gasteiger partial charge in [-0.3, -0.25) is 9.59 Å². The molecule has 1 saturated heterocycles. The summed E-state index contributed by atoms with van der Waals surface area (Å²) in [5.74, 6) is -1.54. The standard InChI is InChI=1S/C21H25NO5/c23-20(22-11-18(21(24)25)13-4-6-26-7-5-13)10-16-12-27-19-9-15-3-1-2-14(15)8-17(16)19/h8-9,12-13,18H,1-7,10-11H2,(H,22,23)(H,24,25). The lowest BCUT2D eigenvalue weighted by molar-refractivity contribution is -0.144. The van der Waals surface area contributed by atoms with Crippen LogP contribution in [-0.4, -0.2) is 36.7 Å². The number of carbonyl (C=O) groups is 2. The van der Waals surface area contributed by atoms with E-state index in [2.05, 4.69) is 17.4 Å². The van der Waals surface area contributed by atoms with E-state index in [0.29, 0.717) is 13.2 Å². The van der Waals surface area contributed by atoms with Gasteiger partial charge in [0.1, 0.15) is 5.58 Å². The van der Waals surface area contributed by atoms with Crippen LogP contribution in [0.2, 0.25) is 0 Å². The fourth-order valence-electron chi connectivity index (χ4n) is 4.32. The average molecular weight is 371 g/mol. The predicted molar refractivity (Wildman–Crippen MR) is 99.6 cm³/mol. The second-order valence-corrected chi connectivity index (χ2v) is 7.61. The van der Waals surface area contributed by atoms with Crippen molar-refractivity contribution in [3.63, 3.8) is 0 Å². The molecule has 0 bridgehead atoms. The molecule has 2 N–H and O–H groups in total. The summed E-state index contributed by atoms with van der Waals surface area (Å²) in [5.41, 5.74) is 4.36. The van der Waals surface area contributed by atoms with E-state index in [-0.39, 0.29) is 24.8 Å². The van der Waals surface area contributed by atoms with Crippen molar-refractivity contribution in [2.75, 3.05) is 19.8 Å². The molecular weight excluding hydrogens is 346 g/mol. The van der Waals surface area contributed by atoms with Gasteiger partial charge in [0.05, 0.1) is 18.6 Å². The number of aliphatic carboxylic acids is 1. The van der Waals surface area contributed by atoms with Gasteiger partial charge in [0, 0.05) is 30.7 Å². The Bertz CT molecular complexity index is 850. The number of carboxylic acid groups (broad SMARTS) is 1. The van der Waals surface area contributed by atoms with E-state index in [4.69, 9.17) is 9.15 Å². The van der Waals surface area contributed by atoms with Gasteiger partial charge in [-0.1, -0.05) is 0 Å². The number of fused-ring (bicyclic) bond motifs is 2. The number of furan rings is 1. The van der Waals surface area contributed by atoms with Gasteiger partial charge in [-0.05, 0) is 61.3 Å². The molecule has 1 amide bonds. The van der Waals surface area contributed by atoms with Crippen LogP contribution in [0.4, 0.5) is 0 Å². The third-order valence-corrected chi connectivity index (χ3v) is 5.89. The zero-order chi connectivity index (χ0) is 18.8. The lowest BCUT2D eigenvalue weighted by Crippen LogP contribution is -2.39. The summed E-state index contributed by atoms with van der Waals surface area (Å²) in [5, 5.41) is 13.3. The number of ether oxygens (including phenoxy) is 1. The Kier molecular flexibility index (Phi) is 5.16. The lowest BCUT2D eigenvalue weighted by Gasteiger charge is -2.27. The Balaban J connectivity index is 1.40. The third-order valence-electron chi connectivity index (χ3n) is 5.89. The number of nitrogens with one attached hydrogen (secondary N) is 1. The summed E-state index contributed by atoms with van der Waals surface area (Å²) in [7, 11) is 0. The highest BCUT2D eigenvalue weighted by Gasteiger charge is 2.30. The van der Waals surface area contributed by atoms with Crippen molar-refractivity contribution in [2.45, 2.75) is 38.5 Å². The summed E-state index contributed by atoms with van der Waals surface area (Å²) in [6, 6.07) is 4.23. The highest BCUT2D eigenvalue weighted by atomic mass is 16.5. The van der Waals surface area contributed by atoms with Crippen LogP contribution in [-0.2, 0) is 33.6 Å². The Labute approximate surface area is 157 Å². The molecule has 144 valence electrons. The molecule has 4 rings (SSSR count). The van der Waals surface area contributed by atoms with Gasteiger partial charge in [0.15, 0.2) is 0 Å². The van der Waals surface area contributed by atoms with E-state index >= 15 is 0 Å². The van der Waals surface area contributed by atoms with Gasteiger partial charge in [0.2, 0.25) is 5.91 Å². The number of carboxylic acids is 1. The minimum absolute atomic E-state index is 0.0499. The van der Waals surface area contributed by atoms with Crippen LogP contribution in [0.15, 0.2) is 22.8 Å². The first-order valence-electron chi connectivity index (χ1n) is 9.71. The minimum Gasteiger partial charge on any atom is -0.481 e. The number of hydrogen-bond acceptors (Lipinski definition) is 4. The molecule has 0 radical (unpaired) electrons. The summed E-state index contributed by atoms with van der Waals surface area (Å²) in [6.45, 7) is 1.34. The molecule has 0 spiro atoms. The molecular formula is C21H25NO5. The van der Waals surface area contributed by atoms with Crippen LogP contribution in [0.1, 0.15) is 36.0 Å². The van der Waals surface area contributed by atoms with Crippen molar-refractivity contribution >= 4 is 22.8 Å². The Hall–Kier alpha value is -2.34. The highest BCUT2D eigenvalue weighted by molar-refractivity contribution is 5.88. The molecule has 2 heterocycles. The van der Waals surface area contributed by atoms with Crippen molar-refractivity contribution in [1.29, 1.82) is 0 Å². The van der Waals surface area contributed by atoms with E-state index in [9.17, 15) is 14.7 Å². The van der Waals surface area contributed by atoms with E-state index in [1.165, 1.54) is 17.5 Å². The molecule has 1 aromatic heterocycles. The van der Waals surface area contributed by atoms with E-state index in [1.807, 2.05) is 0 Å². The van der Waals surface area contributed by atoms with Crippen LogP contribution >= 0.6 is 0 Å². The maximum Gasteiger partial charge on any atom is 0.308 e. The second-order valence-electron chi connectivity index (χ2n) is 7.61. The molecule has 1 unspecified atom stereocenters. The fourth-order valence-corrected chi connectivity index (χ4v) is 4.32. The zero-order valence-corrected chi connectivity index (χ0v) is 15.3. The largest absolute Gasteiger partial charge is 0.481 e. The highest BCUT2D eigenvalue weighted by Crippen LogP contribution is 2.30. The number of rotatable bonds is 6. The summed E-state index contributed by atoms with van der Waals surface area (Å²) < 4.78 is 11.0. The van der Waals surface area contributed by atoms with Crippen LogP contribution in [0.3, 0.4) is 0 Å². The molecule has 1 aromatic carbocycles. The van der Waals surface area contributed by atoms with Gasteiger partial charge >= 0.3 is 5.97 Å². The van der Waals surface area contributed by atoms with Crippen LogP contribution < -0.4 is 5.32 Å². The Morgan fingerprint density at radius 1 is 1.19 bits per heavy atom. The topological polar surface area (TPSA) is 88.8 Å². The van der Waals surface area contributed by atoms with Crippen LogP contribution in [0, 0.1) is 11.8 Å². The zero-order valence-electron chi connectivity index (χ0n) is 15.3. The lowest BCUT2D eigenvalue weighted by atomic mass is 9.86. The normalized spacial score (nSPS) is 18.4. The molecule has 1 aliphatic heterocycles. The fraction of sp³-hybridized carbons (Fsp3) is 0.524. The predicted octanol–water partition coefficient (Wildman–Crippen LogP) is 2.71. The van der Waals surface area contributed by atoms with Gasteiger partial charge in [-0.2, -0.15) is 0 Å². The smallest absolute Gasteiger partial charge is 0.308 e. The molecule has 2 aromatic rings. The Morgan fingerprint density at radius 2 is 1.93 bits per heavy atom. The van der Waals surface area contributed by atoms with Crippen LogP contribution in [0.5, 0.6) is 0 Å². The van der Waals surface area contributed by atoms with Crippen molar-refractivity contribution in [1.82, 2.24) is 5.32 Å². The number of carbonyl (C=O) groups excluding carboxylic acids is 1. The van der Waals surface area contributed by atoms with Crippen molar-refractivity contribution in [3.05, 3.63) is 35.1 Å². The van der Waals surface area contributed by atoms with Crippen molar-refractivity contribution in [3.8, 4) is 0 Å². The molecule has 0 saturated carbocycles. The molecule has 2 aliphatic rings. The maximum atomic E-state index is 12.4. The van der Waals surface area contributed by atoms with Gasteiger partial charge < -0.3 is 19.6 Å². The number of amides is 1. The van der Waals surface area contributed by atoms with E-state index in [1.54, 1.807) is 6.26 Å². The molecule has 6 heteroatoms. The number of hydrogen-bond donors (Lipinski definition) is 2. The average Bonchev–Trinajstić information content (AvgIpc) is 3.27.